The molecular weight excluding hydrogens is 428 g/mol. The molecule has 0 aromatic heterocycles. The maximum atomic E-state index is 2.49. The van der Waals surface area contributed by atoms with E-state index in [9.17, 15) is 0 Å². The Kier molecular flexibility index (Phi) is 4.22. The van der Waals surface area contributed by atoms with Gasteiger partial charge < -0.3 is 0 Å². The highest BCUT2D eigenvalue weighted by atomic mass is 32.2. The van der Waals surface area contributed by atoms with Crippen LogP contribution in [0.4, 0.5) is 0 Å². The fraction of sp³-hybridized carbons (Fsp3) is 0.0909. The maximum absolute atomic E-state index is 2.49. The minimum atomic E-state index is -0.310. The molecule has 1 aliphatic carbocycles. The highest BCUT2D eigenvalue weighted by Gasteiger charge is 2.50. The predicted octanol–water partition coefficient (Wildman–Crippen LogP) is 8.80. The molecule has 1 spiro atoms. The summed E-state index contributed by atoms with van der Waals surface area (Å²) in [5.74, 6) is 0. The van der Waals surface area contributed by atoms with Gasteiger partial charge in [0.05, 0.1) is 5.41 Å². The van der Waals surface area contributed by atoms with Crippen molar-refractivity contribution in [3.8, 4) is 22.3 Å². The van der Waals surface area contributed by atoms with Crippen LogP contribution in [0.2, 0.25) is 0 Å². The van der Waals surface area contributed by atoms with Crippen LogP contribution in [0, 0.1) is 13.8 Å². The van der Waals surface area contributed by atoms with Gasteiger partial charge in [-0.25, -0.2) is 0 Å². The van der Waals surface area contributed by atoms with Crippen molar-refractivity contribution in [3.05, 3.63) is 143 Å². The highest BCUT2D eigenvalue weighted by molar-refractivity contribution is 7.99. The molecule has 0 bridgehead atoms. The Bertz CT molecular complexity index is 1560. The van der Waals surface area contributed by atoms with Gasteiger partial charge >= 0.3 is 0 Å². The minimum absolute atomic E-state index is 0.310. The summed E-state index contributed by atoms with van der Waals surface area (Å²) in [5.41, 5.74) is 13.3. The van der Waals surface area contributed by atoms with E-state index in [4.69, 9.17) is 0 Å². The third-order valence-corrected chi connectivity index (χ3v) is 8.76. The van der Waals surface area contributed by atoms with Crippen LogP contribution in [0.5, 0.6) is 0 Å². The molecule has 2 aliphatic rings. The normalized spacial score (nSPS) is 14.3. The van der Waals surface area contributed by atoms with Gasteiger partial charge in [0.1, 0.15) is 0 Å². The van der Waals surface area contributed by atoms with E-state index >= 15 is 0 Å². The van der Waals surface area contributed by atoms with Crippen molar-refractivity contribution in [2.24, 2.45) is 0 Å². The zero-order chi connectivity index (χ0) is 22.9. The molecule has 0 amide bonds. The number of hydrogen-bond donors (Lipinski definition) is 0. The Morgan fingerprint density at radius 3 is 1.68 bits per heavy atom. The van der Waals surface area contributed by atoms with E-state index in [1.54, 1.807) is 0 Å². The lowest BCUT2D eigenvalue weighted by atomic mass is 9.66. The average molecular weight is 453 g/mol. The van der Waals surface area contributed by atoms with Crippen molar-refractivity contribution in [1.82, 2.24) is 0 Å². The van der Waals surface area contributed by atoms with Crippen LogP contribution in [0.1, 0.15) is 33.4 Å². The lowest BCUT2D eigenvalue weighted by molar-refractivity contribution is 0.722. The summed E-state index contributed by atoms with van der Waals surface area (Å²) in [6.45, 7) is 4.47. The van der Waals surface area contributed by atoms with E-state index in [1.807, 2.05) is 11.8 Å². The third kappa shape index (κ3) is 2.51. The second-order valence-electron chi connectivity index (χ2n) is 9.42. The molecule has 5 aromatic rings. The Morgan fingerprint density at radius 1 is 0.441 bits per heavy atom. The summed E-state index contributed by atoms with van der Waals surface area (Å²) in [6, 6.07) is 40.7. The van der Waals surface area contributed by atoms with Crippen molar-refractivity contribution in [2.75, 3.05) is 0 Å². The van der Waals surface area contributed by atoms with Crippen molar-refractivity contribution in [3.63, 3.8) is 0 Å². The predicted molar refractivity (Wildman–Crippen MR) is 143 cm³/mol. The molecule has 0 nitrogen and oxygen atoms in total. The largest absolute Gasteiger partial charge is 0.0894 e. The number of aryl methyl sites for hydroxylation is 2. The maximum Gasteiger partial charge on any atom is 0.0735 e. The molecule has 0 fully saturated rings. The molecule has 1 heteroatoms. The Labute approximate surface area is 205 Å². The highest BCUT2D eigenvalue weighted by Crippen LogP contribution is 2.62. The molecule has 162 valence electrons. The summed E-state index contributed by atoms with van der Waals surface area (Å²) in [5, 5.41) is 0. The summed E-state index contributed by atoms with van der Waals surface area (Å²) in [6.07, 6.45) is 0. The van der Waals surface area contributed by atoms with Crippen molar-refractivity contribution < 1.29 is 0 Å². The smallest absolute Gasteiger partial charge is 0.0735 e. The van der Waals surface area contributed by atoms with Crippen LogP contribution in [0.25, 0.3) is 22.3 Å². The number of fused-ring (bicyclic) bond motifs is 9. The molecule has 0 unspecified atom stereocenters. The first-order chi connectivity index (χ1) is 16.7. The summed E-state index contributed by atoms with van der Waals surface area (Å²) >= 11 is 1.91. The van der Waals surface area contributed by atoms with Gasteiger partial charge in [-0.15, -0.1) is 0 Å². The van der Waals surface area contributed by atoms with E-state index in [2.05, 4.69) is 123 Å². The van der Waals surface area contributed by atoms with Crippen LogP contribution in [-0.2, 0) is 5.41 Å². The lowest BCUT2D eigenvalue weighted by Gasteiger charge is -2.40. The van der Waals surface area contributed by atoms with Crippen LogP contribution < -0.4 is 0 Å². The summed E-state index contributed by atoms with van der Waals surface area (Å²) < 4.78 is 0. The Balaban J connectivity index is 1.65. The molecule has 0 saturated heterocycles. The molecule has 0 saturated carbocycles. The third-order valence-electron chi connectivity index (χ3n) is 7.63. The van der Waals surface area contributed by atoms with Gasteiger partial charge in [-0.05, 0) is 87.7 Å². The van der Waals surface area contributed by atoms with Gasteiger partial charge in [0.25, 0.3) is 0 Å². The molecule has 0 N–H and O–H groups in total. The van der Waals surface area contributed by atoms with Gasteiger partial charge in [0, 0.05) is 9.79 Å². The van der Waals surface area contributed by atoms with Gasteiger partial charge in [-0.2, -0.15) is 0 Å². The first kappa shape index (κ1) is 19.9. The SMILES string of the molecule is Cc1ccccc1-c1cc2c(cc1C)Sc1ccccc1C21c2ccccc2-c2ccccc21. The van der Waals surface area contributed by atoms with E-state index < -0.39 is 0 Å². The van der Waals surface area contributed by atoms with E-state index in [1.165, 1.54) is 65.4 Å². The fourth-order valence-electron chi connectivity index (χ4n) is 6.17. The van der Waals surface area contributed by atoms with Gasteiger partial charge in [-0.1, -0.05) is 103 Å². The first-order valence-electron chi connectivity index (χ1n) is 11.9. The van der Waals surface area contributed by atoms with Crippen molar-refractivity contribution in [2.45, 2.75) is 29.1 Å². The molecule has 1 aliphatic heterocycles. The topological polar surface area (TPSA) is 0 Å². The number of benzene rings is 5. The molecule has 0 radical (unpaired) electrons. The van der Waals surface area contributed by atoms with Crippen LogP contribution in [0.3, 0.4) is 0 Å². The zero-order valence-corrected chi connectivity index (χ0v) is 20.1. The molecule has 0 atom stereocenters. The minimum Gasteiger partial charge on any atom is -0.0894 e. The Morgan fingerprint density at radius 2 is 1.00 bits per heavy atom. The second-order valence-corrected chi connectivity index (χ2v) is 10.5. The first-order valence-corrected chi connectivity index (χ1v) is 12.7. The van der Waals surface area contributed by atoms with Crippen LogP contribution in [0.15, 0.2) is 119 Å². The monoisotopic (exact) mass is 452 g/mol. The summed E-state index contributed by atoms with van der Waals surface area (Å²) in [7, 11) is 0. The van der Waals surface area contributed by atoms with Gasteiger partial charge in [0.15, 0.2) is 0 Å². The summed E-state index contributed by atoms with van der Waals surface area (Å²) in [4.78, 5) is 2.71. The van der Waals surface area contributed by atoms with E-state index in [-0.39, 0.29) is 5.41 Å². The van der Waals surface area contributed by atoms with Gasteiger partial charge in [0.2, 0.25) is 0 Å². The molecule has 7 rings (SSSR count). The quantitative estimate of drug-likeness (QED) is 0.240. The fourth-order valence-corrected chi connectivity index (χ4v) is 7.44. The molecule has 34 heavy (non-hydrogen) atoms. The number of rotatable bonds is 1. The molecular formula is C33H24S. The molecule has 5 aromatic carbocycles. The average Bonchev–Trinajstić information content (AvgIpc) is 3.16. The molecule has 1 heterocycles. The Hall–Kier alpha value is -3.55. The van der Waals surface area contributed by atoms with E-state index in [0.717, 1.165) is 0 Å². The van der Waals surface area contributed by atoms with Crippen LogP contribution >= 0.6 is 11.8 Å². The van der Waals surface area contributed by atoms with Crippen LogP contribution in [-0.4, -0.2) is 0 Å². The second kappa shape index (κ2) is 7.22. The van der Waals surface area contributed by atoms with Crippen molar-refractivity contribution in [1.29, 1.82) is 0 Å². The zero-order valence-electron chi connectivity index (χ0n) is 19.3. The van der Waals surface area contributed by atoms with E-state index in [0.29, 0.717) is 0 Å². The lowest BCUT2D eigenvalue weighted by Crippen LogP contribution is -2.32. The number of hydrogen-bond acceptors (Lipinski definition) is 1. The standard InChI is InChI=1S/C33H24S/c1-21-11-3-4-12-23(21)26-20-30-32(19-22(26)2)34-31-18-10-9-17-29(31)33(30)27-15-7-5-13-24(27)25-14-6-8-16-28(25)33/h3-20H,1-2H3. The van der Waals surface area contributed by atoms with Gasteiger partial charge in [-0.3, -0.25) is 0 Å². The van der Waals surface area contributed by atoms with Crippen molar-refractivity contribution >= 4 is 11.8 Å².